The zero-order chi connectivity index (χ0) is 25.0. The van der Waals surface area contributed by atoms with Crippen molar-refractivity contribution in [3.8, 4) is 0 Å². The molecule has 0 spiro atoms. The summed E-state index contributed by atoms with van der Waals surface area (Å²) in [5.41, 5.74) is 1.19. The van der Waals surface area contributed by atoms with E-state index in [0.29, 0.717) is 11.4 Å². The summed E-state index contributed by atoms with van der Waals surface area (Å²) in [6.07, 6.45) is 8.50. The predicted molar refractivity (Wildman–Crippen MR) is 139 cm³/mol. The second-order valence-electron chi connectivity index (χ2n) is 8.49. The number of anilines is 2. The van der Waals surface area contributed by atoms with Gasteiger partial charge in [-0.1, -0.05) is 66.2 Å². The highest BCUT2D eigenvalue weighted by Crippen LogP contribution is 2.14. The van der Waals surface area contributed by atoms with Crippen molar-refractivity contribution in [1.82, 2.24) is 9.80 Å². The molecule has 2 amide bonds. The summed E-state index contributed by atoms with van der Waals surface area (Å²) in [5.74, 6) is 0. The Morgan fingerprint density at radius 2 is 1.03 bits per heavy atom. The van der Waals surface area contributed by atoms with Crippen LogP contribution in [0.25, 0.3) is 0 Å². The van der Waals surface area contributed by atoms with E-state index >= 15 is 0 Å². The van der Waals surface area contributed by atoms with Gasteiger partial charge in [0.2, 0.25) is 0 Å². The molecule has 0 aromatic heterocycles. The number of hydrogen-bond donors (Lipinski definition) is 2. The second kappa shape index (κ2) is 19.0. The van der Waals surface area contributed by atoms with Crippen LogP contribution in [0.5, 0.6) is 0 Å². The Labute approximate surface area is 206 Å². The van der Waals surface area contributed by atoms with Gasteiger partial charge in [-0.15, -0.1) is 0 Å². The van der Waals surface area contributed by atoms with E-state index in [1.807, 2.05) is 0 Å². The first-order chi connectivity index (χ1) is 16.5. The van der Waals surface area contributed by atoms with Gasteiger partial charge in [0, 0.05) is 24.5 Å². The smallest absolute Gasteiger partial charge is 0.412 e. The zero-order valence-corrected chi connectivity index (χ0v) is 21.7. The number of unbranched alkanes of at least 4 members (excludes halogenated alkanes) is 6. The summed E-state index contributed by atoms with van der Waals surface area (Å²) in [7, 11) is 0. The van der Waals surface area contributed by atoms with Crippen LogP contribution in [0.15, 0.2) is 24.3 Å². The predicted octanol–water partition coefficient (Wildman–Crippen LogP) is 6.50. The molecule has 8 heteroatoms. The van der Waals surface area contributed by atoms with Crippen LogP contribution in [-0.2, 0) is 9.47 Å². The van der Waals surface area contributed by atoms with Gasteiger partial charge in [0.05, 0.1) is 0 Å². The summed E-state index contributed by atoms with van der Waals surface area (Å²) in [4.78, 5) is 28.4. The molecule has 0 atom stereocenters. The minimum absolute atomic E-state index is 0.271. The van der Waals surface area contributed by atoms with E-state index in [1.165, 1.54) is 38.5 Å². The van der Waals surface area contributed by atoms with Gasteiger partial charge >= 0.3 is 12.2 Å². The van der Waals surface area contributed by atoms with E-state index in [4.69, 9.17) is 9.47 Å². The highest BCUT2D eigenvalue weighted by atomic mass is 16.6. The fourth-order valence-electron chi connectivity index (χ4n) is 3.40. The first-order valence-electron chi connectivity index (χ1n) is 12.9. The van der Waals surface area contributed by atoms with Crippen LogP contribution < -0.4 is 10.6 Å². The molecule has 0 heterocycles. The van der Waals surface area contributed by atoms with Gasteiger partial charge in [-0.2, -0.15) is 0 Å². The lowest BCUT2D eigenvalue weighted by molar-refractivity contribution is 0.0793. The van der Waals surface area contributed by atoms with Gasteiger partial charge in [0.25, 0.3) is 0 Å². The number of hydrogen-bond acceptors (Lipinski definition) is 6. The molecule has 0 aliphatic heterocycles. The molecule has 8 nitrogen and oxygen atoms in total. The van der Waals surface area contributed by atoms with Crippen LogP contribution in [0, 0.1) is 0 Å². The number of benzene rings is 1. The molecule has 1 aromatic carbocycles. The molecular formula is C26H46N4O4. The number of nitrogens with one attached hydrogen (secondary N) is 2. The van der Waals surface area contributed by atoms with Crippen LogP contribution >= 0.6 is 0 Å². The molecule has 1 aromatic rings. The Kier molecular flexibility index (Phi) is 16.6. The van der Waals surface area contributed by atoms with Crippen molar-refractivity contribution in [1.29, 1.82) is 0 Å². The summed E-state index contributed by atoms with van der Waals surface area (Å²) >= 11 is 0. The molecule has 0 saturated carbocycles. The van der Waals surface area contributed by atoms with Gasteiger partial charge < -0.3 is 9.47 Å². The van der Waals surface area contributed by atoms with Crippen molar-refractivity contribution < 1.29 is 19.1 Å². The summed E-state index contributed by atoms with van der Waals surface area (Å²) in [5, 5.41) is 5.43. The van der Waals surface area contributed by atoms with Gasteiger partial charge in [-0.3, -0.25) is 20.4 Å². The third kappa shape index (κ3) is 14.1. The average molecular weight is 479 g/mol. The highest BCUT2D eigenvalue weighted by molar-refractivity contribution is 5.87. The Balaban J connectivity index is 2.33. The van der Waals surface area contributed by atoms with Crippen molar-refractivity contribution in [2.75, 3.05) is 50.3 Å². The van der Waals surface area contributed by atoms with Crippen LogP contribution in [0.4, 0.5) is 21.0 Å². The molecule has 1 rings (SSSR count). The van der Waals surface area contributed by atoms with Crippen molar-refractivity contribution in [2.24, 2.45) is 0 Å². The molecule has 2 N–H and O–H groups in total. The van der Waals surface area contributed by atoms with E-state index in [0.717, 1.165) is 39.0 Å². The van der Waals surface area contributed by atoms with Crippen LogP contribution in [-0.4, -0.2) is 61.6 Å². The molecule has 0 bridgehead atoms. The second-order valence-corrected chi connectivity index (χ2v) is 8.49. The number of carbonyl (C=O) groups excluding carboxylic acids is 2. The first-order valence-corrected chi connectivity index (χ1v) is 12.9. The molecule has 0 aliphatic carbocycles. The van der Waals surface area contributed by atoms with E-state index in [-0.39, 0.29) is 13.5 Å². The van der Waals surface area contributed by atoms with Gasteiger partial charge in [-0.25, -0.2) is 9.59 Å². The van der Waals surface area contributed by atoms with Gasteiger partial charge in [0.15, 0.2) is 0 Å². The Bertz CT molecular complexity index is 612. The van der Waals surface area contributed by atoms with Crippen molar-refractivity contribution in [3.63, 3.8) is 0 Å². The lowest BCUT2D eigenvalue weighted by Gasteiger charge is -2.20. The van der Waals surface area contributed by atoms with E-state index in [2.05, 4.69) is 48.1 Å². The largest absolute Gasteiger partial charge is 0.433 e. The third-order valence-electron chi connectivity index (χ3n) is 5.68. The van der Waals surface area contributed by atoms with E-state index < -0.39 is 12.2 Å². The average Bonchev–Trinajstić information content (AvgIpc) is 2.84. The molecule has 0 saturated heterocycles. The Hall–Kier alpha value is -2.32. The fraction of sp³-hybridized carbons (Fsp3) is 0.692. The van der Waals surface area contributed by atoms with E-state index in [1.54, 1.807) is 24.3 Å². The lowest BCUT2D eigenvalue weighted by Crippen LogP contribution is -2.30. The highest BCUT2D eigenvalue weighted by Gasteiger charge is 2.10. The van der Waals surface area contributed by atoms with Crippen LogP contribution in [0.3, 0.4) is 0 Å². The van der Waals surface area contributed by atoms with Crippen LogP contribution in [0.2, 0.25) is 0 Å². The van der Waals surface area contributed by atoms with E-state index in [9.17, 15) is 9.59 Å². The summed E-state index contributed by atoms with van der Waals surface area (Å²) in [6.45, 7) is 12.6. The van der Waals surface area contributed by atoms with Crippen molar-refractivity contribution >= 4 is 23.6 Å². The maximum atomic E-state index is 12.1. The van der Waals surface area contributed by atoms with Gasteiger partial charge in [-0.05, 0) is 50.2 Å². The minimum atomic E-state index is -0.495. The number of carbonyl (C=O) groups is 2. The molecule has 34 heavy (non-hydrogen) atoms. The summed E-state index contributed by atoms with van der Waals surface area (Å²) in [6, 6.07) is 6.85. The van der Waals surface area contributed by atoms with Crippen LogP contribution in [0.1, 0.15) is 79.1 Å². The zero-order valence-electron chi connectivity index (χ0n) is 21.7. The molecule has 194 valence electrons. The monoisotopic (exact) mass is 478 g/mol. The number of amides is 2. The Morgan fingerprint density at radius 1 is 0.647 bits per heavy atom. The normalized spacial score (nSPS) is 11.0. The fourth-order valence-corrected chi connectivity index (χ4v) is 3.40. The maximum Gasteiger partial charge on any atom is 0.412 e. The quantitative estimate of drug-likeness (QED) is 0.185. The number of rotatable bonds is 18. The van der Waals surface area contributed by atoms with Crippen molar-refractivity contribution in [3.05, 3.63) is 24.3 Å². The topological polar surface area (TPSA) is 83.1 Å². The molecule has 0 fully saturated rings. The number of nitrogens with zero attached hydrogens (tertiary/aromatic N) is 2. The molecule has 0 radical (unpaired) electrons. The standard InChI is InChI=1S/C26H46N4O4/c1-5-9-11-13-19-29(7-3)21-33-25(31)27-23-15-17-24(18-16-23)28-26(32)34-22-30(8-4)20-14-12-10-6-2/h15-18H,5-14,19-22H2,1-4H3,(H,27,31)(H,28,32). The summed E-state index contributed by atoms with van der Waals surface area (Å²) < 4.78 is 10.7. The molecule has 0 aliphatic rings. The Morgan fingerprint density at radius 3 is 1.35 bits per heavy atom. The minimum Gasteiger partial charge on any atom is -0.433 e. The first kappa shape index (κ1) is 29.7. The lowest BCUT2D eigenvalue weighted by atomic mass is 10.2. The van der Waals surface area contributed by atoms with Gasteiger partial charge in [0.1, 0.15) is 13.5 Å². The molecular weight excluding hydrogens is 432 g/mol. The van der Waals surface area contributed by atoms with Crippen molar-refractivity contribution in [2.45, 2.75) is 79.1 Å². The third-order valence-corrected chi connectivity index (χ3v) is 5.68. The maximum absolute atomic E-state index is 12.1. The SMILES string of the molecule is CCCCCCN(CC)COC(=O)Nc1ccc(NC(=O)OCN(CC)CCCCCC)cc1. The number of ether oxygens (including phenoxy) is 2. The molecule has 0 unspecified atom stereocenters.